The van der Waals surface area contributed by atoms with Crippen molar-refractivity contribution in [1.82, 2.24) is 4.90 Å². The molecule has 0 aromatic heterocycles. The van der Waals surface area contributed by atoms with E-state index in [-0.39, 0.29) is 13.2 Å². The number of benzene rings is 1. The van der Waals surface area contributed by atoms with E-state index in [9.17, 15) is 18.0 Å². The Hall–Kier alpha value is -2.36. The Kier molecular flexibility index (Phi) is 4.26. The molecule has 4 nitrogen and oxygen atoms in total. The second kappa shape index (κ2) is 5.95. The highest BCUT2D eigenvalue weighted by molar-refractivity contribution is 5.82. The van der Waals surface area contributed by atoms with E-state index in [4.69, 9.17) is 11.2 Å². The lowest BCUT2D eigenvalue weighted by Crippen LogP contribution is -2.49. The number of amides is 1. The molecular weight excluding hydrogens is 285 g/mol. The van der Waals surface area contributed by atoms with Gasteiger partial charge >= 0.3 is 12.1 Å². The maximum absolute atomic E-state index is 12.5. The quantitative estimate of drug-likeness (QED) is 0.866. The largest absolute Gasteiger partial charge is 0.489 e. The third-order valence-corrected chi connectivity index (χ3v) is 2.94. The molecule has 1 N–H and O–H groups in total. The van der Waals surface area contributed by atoms with E-state index in [0.717, 1.165) is 0 Å². The van der Waals surface area contributed by atoms with Crippen LogP contribution in [0.2, 0.25) is 0 Å². The Bertz CT molecular complexity index is 566. The molecule has 0 saturated heterocycles. The molecule has 1 atom stereocenters. The molecule has 112 valence electrons. The lowest BCUT2D eigenvalue weighted by Gasteiger charge is -2.31. The van der Waals surface area contributed by atoms with Gasteiger partial charge in [0.2, 0.25) is 0 Å². The number of hydrogen-bond acceptors (Lipinski definition) is 3. The van der Waals surface area contributed by atoms with Gasteiger partial charge in [-0.2, -0.15) is 13.2 Å². The SMILES string of the molecule is C#CCN(CC1COc2ccccc2N1)C(=O)C(F)(F)F. The number of terminal acetylenes is 1. The molecular formula is C14H13F3N2O2. The topological polar surface area (TPSA) is 41.6 Å². The molecule has 0 aliphatic carbocycles. The zero-order valence-corrected chi connectivity index (χ0v) is 11.0. The molecule has 0 spiro atoms. The second-order valence-electron chi connectivity index (χ2n) is 4.54. The fourth-order valence-electron chi connectivity index (χ4n) is 2.04. The van der Waals surface area contributed by atoms with Gasteiger partial charge in [-0.05, 0) is 12.1 Å². The fraction of sp³-hybridized carbons (Fsp3) is 0.357. The van der Waals surface area contributed by atoms with Gasteiger partial charge in [-0.1, -0.05) is 18.1 Å². The number of fused-ring (bicyclic) bond motifs is 1. The number of alkyl halides is 3. The number of halogens is 3. The highest BCUT2D eigenvalue weighted by Crippen LogP contribution is 2.28. The van der Waals surface area contributed by atoms with Crippen LogP contribution in [0.25, 0.3) is 0 Å². The third-order valence-electron chi connectivity index (χ3n) is 2.94. The Morgan fingerprint density at radius 2 is 2.19 bits per heavy atom. The molecule has 1 amide bonds. The van der Waals surface area contributed by atoms with Crippen LogP contribution in [0.4, 0.5) is 18.9 Å². The Labute approximate surface area is 119 Å². The van der Waals surface area contributed by atoms with Crippen molar-refractivity contribution in [3.8, 4) is 18.1 Å². The maximum atomic E-state index is 12.5. The molecule has 7 heteroatoms. The normalized spacial score (nSPS) is 17.0. The Morgan fingerprint density at radius 1 is 1.48 bits per heavy atom. The summed E-state index contributed by atoms with van der Waals surface area (Å²) in [5, 5.41) is 3.04. The van der Waals surface area contributed by atoms with Gasteiger partial charge in [-0.15, -0.1) is 6.42 Å². The van der Waals surface area contributed by atoms with E-state index in [1.807, 2.05) is 0 Å². The van der Waals surface area contributed by atoms with E-state index in [0.29, 0.717) is 16.3 Å². The summed E-state index contributed by atoms with van der Waals surface area (Å²) in [5.74, 6) is 0.747. The molecule has 0 bridgehead atoms. The summed E-state index contributed by atoms with van der Waals surface area (Å²) in [6.45, 7) is -0.432. The van der Waals surface area contributed by atoms with Crippen LogP contribution in [-0.2, 0) is 4.79 Å². The van der Waals surface area contributed by atoms with Gasteiger partial charge < -0.3 is 15.0 Å². The monoisotopic (exact) mass is 298 g/mol. The predicted octanol–water partition coefficient (Wildman–Crippen LogP) is 1.88. The summed E-state index contributed by atoms with van der Waals surface area (Å²) in [4.78, 5) is 11.9. The lowest BCUT2D eigenvalue weighted by atomic mass is 10.2. The summed E-state index contributed by atoms with van der Waals surface area (Å²) in [6.07, 6.45) is 0.0891. The molecule has 1 aliphatic rings. The number of carbonyl (C=O) groups is 1. The number of nitrogens with one attached hydrogen (secondary N) is 1. The van der Waals surface area contributed by atoms with Crippen molar-refractivity contribution in [2.24, 2.45) is 0 Å². The molecule has 1 aliphatic heterocycles. The van der Waals surface area contributed by atoms with Gasteiger partial charge in [0, 0.05) is 6.54 Å². The van der Waals surface area contributed by atoms with Crippen molar-refractivity contribution in [3.05, 3.63) is 24.3 Å². The lowest BCUT2D eigenvalue weighted by molar-refractivity contribution is -0.185. The minimum absolute atomic E-state index is 0.156. The number of anilines is 1. The Balaban J connectivity index is 2.06. The van der Waals surface area contributed by atoms with Gasteiger partial charge in [0.15, 0.2) is 0 Å². The van der Waals surface area contributed by atoms with Crippen LogP contribution in [0.15, 0.2) is 24.3 Å². The minimum atomic E-state index is -4.94. The second-order valence-corrected chi connectivity index (χ2v) is 4.54. The molecule has 21 heavy (non-hydrogen) atoms. The summed E-state index contributed by atoms with van der Waals surface area (Å²) in [5.41, 5.74) is 0.675. The fourth-order valence-corrected chi connectivity index (χ4v) is 2.04. The molecule has 0 fully saturated rings. The van der Waals surface area contributed by atoms with Gasteiger partial charge in [-0.3, -0.25) is 4.79 Å². The maximum Gasteiger partial charge on any atom is 0.471 e. The zero-order chi connectivity index (χ0) is 15.5. The van der Waals surface area contributed by atoms with Gasteiger partial charge in [0.05, 0.1) is 18.3 Å². The van der Waals surface area contributed by atoms with E-state index in [2.05, 4.69) is 11.2 Å². The van der Waals surface area contributed by atoms with Crippen molar-refractivity contribution < 1.29 is 22.7 Å². The van der Waals surface area contributed by atoms with Gasteiger partial charge in [0.25, 0.3) is 0 Å². The molecule has 0 radical (unpaired) electrons. The average molecular weight is 298 g/mol. The third kappa shape index (κ3) is 3.60. The standard InChI is InChI=1S/C14H13F3N2O2/c1-2-7-19(13(20)14(15,16)17)8-10-9-21-12-6-4-3-5-11(12)18-10/h1,3-6,10,18H,7-9H2. The summed E-state index contributed by atoms with van der Waals surface area (Å²) >= 11 is 0. The van der Waals surface area contributed by atoms with Gasteiger partial charge in [0.1, 0.15) is 12.4 Å². The predicted molar refractivity (Wildman–Crippen MR) is 70.8 cm³/mol. The van der Waals surface area contributed by atoms with E-state index in [1.54, 1.807) is 24.3 Å². The first-order valence-electron chi connectivity index (χ1n) is 6.19. The van der Waals surface area contributed by atoms with Crippen LogP contribution in [-0.4, -0.2) is 42.7 Å². The molecule has 1 heterocycles. The smallest absolute Gasteiger partial charge is 0.471 e. The minimum Gasteiger partial charge on any atom is -0.489 e. The molecule has 2 rings (SSSR count). The summed E-state index contributed by atoms with van der Waals surface area (Å²) in [6, 6.07) is 6.60. The van der Waals surface area contributed by atoms with Crippen LogP contribution in [0.1, 0.15) is 0 Å². The number of ether oxygens (including phenoxy) is 1. The van der Waals surface area contributed by atoms with E-state index in [1.165, 1.54) is 0 Å². The number of carbonyl (C=O) groups excluding carboxylic acids is 1. The van der Waals surface area contributed by atoms with Crippen LogP contribution in [0, 0.1) is 12.3 Å². The first kappa shape index (κ1) is 15.0. The number of para-hydroxylation sites is 2. The number of hydrogen-bond donors (Lipinski definition) is 1. The zero-order valence-electron chi connectivity index (χ0n) is 11.0. The molecule has 1 unspecified atom stereocenters. The van der Waals surface area contributed by atoms with Crippen molar-refractivity contribution in [3.63, 3.8) is 0 Å². The highest BCUT2D eigenvalue weighted by Gasteiger charge is 2.43. The van der Waals surface area contributed by atoms with Crippen LogP contribution < -0.4 is 10.1 Å². The Morgan fingerprint density at radius 3 is 2.86 bits per heavy atom. The highest BCUT2D eigenvalue weighted by atomic mass is 19.4. The molecule has 1 aromatic rings. The molecule has 0 saturated carbocycles. The van der Waals surface area contributed by atoms with Crippen molar-refractivity contribution in [1.29, 1.82) is 0 Å². The van der Waals surface area contributed by atoms with Gasteiger partial charge in [-0.25, -0.2) is 0 Å². The van der Waals surface area contributed by atoms with Crippen LogP contribution in [0.5, 0.6) is 5.75 Å². The summed E-state index contributed by atoms with van der Waals surface area (Å²) < 4.78 is 43.0. The van der Waals surface area contributed by atoms with E-state index < -0.39 is 24.7 Å². The van der Waals surface area contributed by atoms with Crippen LogP contribution in [0.3, 0.4) is 0 Å². The van der Waals surface area contributed by atoms with Crippen LogP contribution >= 0.6 is 0 Å². The number of nitrogens with zero attached hydrogens (tertiary/aromatic N) is 1. The average Bonchev–Trinajstić information content (AvgIpc) is 2.45. The van der Waals surface area contributed by atoms with Crippen molar-refractivity contribution in [2.75, 3.05) is 25.0 Å². The molecule has 1 aromatic carbocycles. The number of rotatable bonds is 3. The first-order valence-corrected chi connectivity index (χ1v) is 6.19. The first-order chi connectivity index (χ1) is 9.91. The van der Waals surface area contributed by atoms with Crippen molar-refractivity contribution in [2.45, 2.75) is 12.2 Å². The van der Waals surface area contributed by atoms with E-state index >= 15 is 0 Å². The summed E-state index contributed by atoms with van der Waals surface area (Å²) in [7, 11) is 0. The van der Waals surface area contributed by atoms with Crippen molar-refractivity contribution >= 4 is 11.6 Å².